The molecular weight excluding hydrogens is 530 g/mol. The molecule has 3 N–H and O–H groups in total. The van der Waals surface area contributed by atoms with Crippen LogP contribution in [0.1, 0.15) is 47.5 Å². The van der Waals surface area contributed by atoms with Crippen molar-refractivity contribution in [2.24, 2.45) is 17.8 Å². The van der Waals surface area contributed by atoms with E-state index < -0.39 is 34.2 Å². The number of nitrogens with zero attached hydrogens (tertiary/aromatic N) is 1. The minimum atomic E-state index is -0.755. The number of carbonyl (C=O) groups excluding carboxylic acids is 3. The van der Waals surface area contributed by atoms with Gasteiger partial charge in [-0.3, -0.25) is 14.4 Å². The molecule has 3 heterocycles. The lowest BCUT2D eigenvalue weighted by Gasteiger charge is -2.40. The summed E-state index contributed by atoms with van der Waals surface area (Å²) in [5.41, 5.74) is 0.202. The topological polar surface area (TPSA) is 98.7 Å². The summed E-state index contributed by atoms with van der Waals surface area (Å²) in [4.78, 5) is 43.3. The number of aliphatic hydroxyl groups excluding tert-OH is 1. The first-order valence-electron chi connectivity index (χ1n) is 12.4. The zero-order chi connectivity index (χ0) is 25.7. The molecule has 7 nitrogen and oxygen atoms in total. The number of rotatable bonds is 7. The number of amides is 3. The van der Waals surface area contributed by atoms with Gasteiger partial charge in [0.1, 0.15) is 6.04 Å². The van der Waals surface area contributed by atoms with Gasteiger partial charge in [0.05, 0.1) is 29.2 Å². The Balaban J connectivity index is 1.77. The van der Waals surface area contributed by atoms with Crippen molar-refractivity contribution in [1.82, 2.24) is 10.2 Å². The van der Waals surface area contributed by atoms with Crippen LogP contribution in [0.2, 0.25) is 0 Å². The number of fused-ring (bicyclic) bond motifs is 1. The lowest BCUT2D eigenvalue weighted by Crippen LogP contribution is -2.60. The third kappa shape index (κ3) is 4.53. The number of benzene rings is 1. The molecule has 0 aromatic heterocycles. The van der Waals surface area contributed by atoms with Gasteiger partial charge >= 0.3 is 0 Å². The van der Waals surface area contributed by atoms with Gasteiger partial charge in [0.25, 0.3) is 0 Å². The number of aliphatic hydroxyl groups is 1. The average Bonchev–Trinajstić information content (AvgIpc) is 3.37. The number of hydrogen-bond acceptors (Lipinski definition) is 5. The summed E-state index contributed by atoms with van der Waals surface area (Å²) < 4.78 is -0.731. The molecule has 9 heteroatoms. The second-order valence-corrected chi connectivity index (χ2v) is 13.9. The van der Waals surface area contributed by atoms with E-state index in [1.807, 2.05) is 65.0 Å². The SMILES string of the molecule is CC[C@H](C)[C@H](CO)N1C(=O)[C@@H]2[C@@H](C(=O)Nc3ccccc3)[C@@H]3SC2(CC3Br)C1C(=O)NC(C)(C)C. The number of alkyl halides is 1. The number of thioether (sulfide) groups is 1. The second-order valence-electron chi connectivity index (χ2n) is 11.1. The van der Waals surface area contributed by atoms with Gasteiger partial charge in [-0.2, -0.15) is 0 Å². The third-order valence-electron chi connectivity index (χ3n) is 7.66. The van der Waals surface area contributed by atoms with Crippen molar-refractivity contribution >= 4 is 51.1 Å². The van der Waals surface area contributed by atoms with E-state index in [1.54, 1.807) is 16.7 Å². The Bertz CT molecular complexity index is 987. The molecule has 3 aliphatic rings. The van der Waals surface area contributed by atoms with Crippen LogP contribution in [0.5, 0.6) is 0 Å². The van der Waals surface area contributed by atoms with Gasteiger partial charge in [-0.15, -0.1) is 11.8 Å². The zero-order valence-electron chi connectivity index (χ0n) is 21.0. The van der Waals surface area contributed by atoms with Gasteiger partial charge in [0, 0.05) is 21.3 Å². The zero-order valence-corrected chi connectivity index (χ0v) is 23.4. The molecule has 3 amide bonds. The molecule has 3 unspecified atom stereocenters. The van der Waals surface area contributed by atoms with Crippen molar-refractivity contribution in [2.45, 2.75) is 79.9 Å². The largest absolute Gasteiger partial charge is 0.394 e. The lowest BCUT2D eigenvalue weighted by atomic mass is 9.70. The van der Waals surface area contributed by atoms with E-state index in [-0.39, 0.29) is 40.3 Å². The maximum absolute atomic E-state index is 14.2. The highest BCUT2D eigenvalue weighted by atomic mass is 79.9. The van der Waals surface area contributed by atoms with E-state index in [0.29, 0.717) is 12.1 Å². The Morgan fingerprint density at radius 3 is 2.49 bits per heavy atom. The standard InChI is InChI=1S/C26H36BrN3O4S/c1-6-14(2)17(13-31)30-21(23(33)29-25(3,4)5)26-12-16(27)20(35-26)18(19(26)24(30)34)22(32)28-15-10-8-7-9-11-15/h7-11,14,16-21,31H,6,12-13H2,1-5H3,(H,28,32)(H,29,33)/t14-,16?,17-,18+,19-,20+,21?,26?/m0/s1. The number of halogens is 1. The molecule has 0 aliphatic carbocycles. The molecular formula is C26H36BrN3O4S. The summed E-state index contributed by atoms with van der Waals surface area (Å²) in [6.45, 7) is 9.54. The number of carbonyl (C=O) groups is 3. The fourth-order valence-corrected chi connectivity index (χ4v) is 9.62. The van der Waals surface area contributed by atoms with E-state index in [1.165, 1.54) is 0 Å². The second kappa shape index (κ2) is 9.71. The molecule has 2 bridgehead atoms. The Morgan fingerprint density at radius 1 is 1.26 bits per heavy atom. The van der Waals surface area contributed by atoms with Gasteiger partial charge in [0.2, 0.25) is 17.7 Å². The van der Waals surface area contributed by atoms with Crippen LogP contribution >= 0.6 is 27.7 Å². The Labute approximate surface area is 220 Å². The fraction of sp³-hybridized carbons (Fsp3) is 0.654. The molecule has 3 fully saturated rings. The smallest absolute Gasteiger partial charge is 0.244 e. The molecule has 3 aliphatic heterocycles. The van der Waals surface area contributed by atoms with Crippen LogP contribution in [0.15, 0.2) is 30.3 Å². The molecule has 1 aromatic carbocycles. The third-order valence-corrected chi connectivity index (χ3v) is 10.9. The van der Waals surface area contributed by atoms with Crippen molar-refractivity contribution in [1.29, 1.82) is 0 Å². The lowest BCUT2D eigenvalue weighted by molar-refractivity contribution is -0.143. The predicted octanol–water partition coefficient (Wildman–Crippen LogP) is 3.41. The highest BCUT2D eigenvalue weighted by Crippen LogP contribution is 2.68. The summed E-state index contributed by atoms with van der Waals surface area (Å²) in [6.07, 6.45) is 1.38. The van der Waals surface area contributed by atoms with Crippen LogP contribution in [0.25, 0.3) is 0 Å². The molecule has 0 radical (unpaired) electrons. The van der Waals surface area contributed by atoms with E-state index in [0.717, 1.165) is 6.42 Å². The highest BCUT2D eigenvalue weighted by molar-refractivity contribution is 9.09. The molecule has 192 valence electrons. The van der Waals surface area contributed by atoms with Gasteiger partial charge < -0.3 is 20.6 Å². The van der Waals surface area contributed by atoms with E-state index >= 15 is 0 Å². The van der Waals surface area contributed by atoms with Crippen LogP contribution in [0.3, 0.4) is 0 Å². The highest BCUT2D eigenvalue weighted by Gasteiger charge is 2.76. The van der Waals surface area contributed by atoms with Crippen LogP contribution in [0, 0.1) is 17.8 Å². The van der Waals surface area contributed by atoms with Crippen LogP contribution in [-0.2, 0) is 14.4 Å². The van der Waals surface area contributed by atoms with Crippen molar-refractivity contribution < 1.29 is 19.5 Å². The number of anilines is 1. The van der Waals surface area contributed by atoms with Gasteiger partial charge in [0.15, 0.2) is 0 Å². The molecule has 8 atom stereocenters. The van der Waals surface area contributed by atoms with Crippen molar-refractivity contribution in [3.63, 3.8) is 0 Å². The van der Waals surface area contributed by atoms with Crippen molar-refractivity contribution in [2.75, 3.05) is 11.9 Å². The van der Waals surface area contributed by atoms with Crippen LogP contribution in [0.4, 0.5) is 5.69 Å². The molecule has 4 rings (SSSR count). The van der Waals surface area contributed by atoms with E-state index in [4.69, 9.17) is 0 Å². The number of nitrogens with one attached hydrogen (secondary N) is 2. The Morgan fingerprint density at radius 2 is 1.91 bits per heavy atom. The van der Waals surface area contributed by atoms with Crippen LogP contribution in [-0.4, -0.2) is 66.8 Å². The molecule has 0 saturated carbocycles. The molecule has 3 saturated heterocycles. The van der Waals surface area contributed by atoms with E-state index in [9.17, 15) is 19.5 Å². The van der Waals surface area contributed by atoms with E-state index in [2.05, 4.69) is 26.6 Å². The first-order valence-corrected chi connectivity index (χ1v) is 14.2. The van der Waals surface area contributed by atoms with Crippen molar-refractivity contribution in [3.05, 3.63) is 30.3 Å². The monoisotopic (exact) mass is 565 g/mol. The summed E-state index contributed by atoms with van der Waals surface area (Å²) in [5, 5.41) is 16.3. The summed E-state index contributed by atoms with van der Waals surface area (Å²) in [5.74, 6) is -1.80. The summed E-state index contributed by atoms with van der Waals surface area (Å²) in [6, 6.07) is 8.00. The molecule has 35 heavy (non-hydrogen) atoms. The number of likely N-dealkylation sites (tertiary alicyclic amines) is 1. The average molecular weight is 567 g/mol. The minimum Gasteiger partial charge on any atom is -0.394 e. The minimum absolute atomic E-state index is 0.00248. The van der Waals surface area contributed by atoms with Gasteiger partial charge in [-0.1, -0.05) is 54.4 Å². The van der Waals surface area contributed by atoms with Gasteiger partial charge in [-0.05, 0) is 45.2 Å². The maximum Gasteiger partial charge on any atom is 0.244 e. The number of para-hydroxylation sites is 1. The van der Waals surface area contributed by atoms with Crippen LogP contribution < -0.4 is 10.6 Å². The molecule has 1 spiro atoms. The fourth-order valence-electron chi connectivity index (χ4n) is 6.02. The normalized spacial score (nSPS) is 33.4. The Kier molecular flexibility index (Phi) is 7.34. The predicted molar refractivity (Wildman–Crippen MR) is 142 cm³/mol. The maximum atomic E-state index is 14.2. The number of hydrogen-bond donors (Lipinski definition) is 3. The summed E-state index contributed by atoms with van der Waals surface area (Å²) in [7, 11) is 0. The van der Waals surface area contributed by atoms with Crippen molar-refractivity contribution in [3.8, 4) is 0 Å². The van der Waals surface area contributed by atoms with Gasteiger partial charge in [-0.25, -0.2) is 0 Å². The molecule has 1 aromatic rings. The summed E-state index contributed by atoms with van der Waals surface area (Å²) >= 11 is 5.39. The Hall–Kier alpha value is -1.58. The quantitative estimate of drug-likeness (QED) is 0.440. The first-order chi connectivity index (χ1) is 16.4. The first kappa shape index (κ1) is 26.5.